The number of hydrogen-bond donors (Lipinski definition) is 2. The van der Waals surface area contributed by atoms with Gasteiger partial charge in [-0.25, -0.2) is 0 Å². The zero-order valence-electron chi connectivity index (χ0n) is 11.9. The van der Waals surface area contributed by atoms with Gasteiger partial charge < -0.3 is 10.3 Å². The minimum atomic E-state index is -0.174. The predicted octanol–water partition coefficient (Wildman–Crippen LogP) is 2.54. The third-order valence-corrected chi connectivity index (χ3v) is 3.64. The van der Waals surface area contributed by atoms with Crippen LogP contribution in [-0.2, 0) is 0 Å². The third kappa shape index (κ3) is 2.82. The van der Waals surface area contributed by atoms with Gasteiger partial charge in [-0.2, -0.15) is 0 Å². The summed E-state index contributed by atoms with van der Waals surface area (Å²) in [6.07, 6.45) is 0.895. The first-order chi connectivity index (χ1) is 8.33. The van der Waals surface area contributed by atoms with Crippen molar-refractivity contribution in [3.8, 4) is 0 Å². The maximum absolute atomic E-state index is 12.5. The average Bonchev–Trinajstić information content (AvgIpc) is 2.36. The first kappa shape index (κ1) is 14.5. The fraction of sp³-hybridized carbons (Fsp3) is 0.500. The Kier molecular flexibility index (Phi) is 4.35. The van der Waals surface area contributed by atoms with Crippen molar-refractivity contribution >= 4 is 11.6 Å². The summed E-state index contributed by atoms with van der Waals surface area (Å²) in [4.78, 5) is 14.3. The Morgan fingerprint density at radius 3 is 2.56 bits per heavy atom. The Morgan fingerprint density at radius 2 is 2.06 bits per heavy atom. The van der Waals surface area contributed by atoms with Crippen molar-refractivity contribution in [2.24, 2.45) is 5.84 Å². The molecule has 1 rings (SSSR count). The van der Waals surface area contributed by atoms with Gasteiger partial charge in [-0.15, -0.1) is 0 Å². The van der Waals surface area contributed by atoms with Gasteiger partial charge in [0.2, 0.25) is 0 Å². The van der Waals surface area contributed by atoms with Crippen LogP contribution in [0.2, 0.25) is 0 Å². The van der Waals surface area contributed by atoms with Crippen LogP contribution < -0.4 is 11.3 Å². The molecule has 0 heterocycles. The Hall–Kier alpha value is -1.55. The van der Waals surface area contributed by atoms with Gasteiger partial charge in [0.15, 0.2) is 0 Å². The van der Waals surface area contributed by atoms with Crippen LogP contribution >= 0.6 is 0 Å². The topological polar surface area (TPSA) is 58.4 Å². The number of hydrogen-bond acceptors (Lipinski definition) is 3. The molecule has 1 amide bonds. The second-order valence-corrected chi connectivity index (χ2v) is 5.22. The highest BCUT2D eigenvalue weighted by atomic mass is 16.2. The second-order valence-electron chi connectivity index (χ2n) is 5.22. The molecule has 0 aromatic heterocycles. The number of carbonyl (C=O) groups is 1. The molecule has 18 heavy (non-hydrogen) atoms. The highest BCUT2D eigenvalue weighted by Crippen LogP contribution is 2.23. The Bertz CT molecular complexity index is 441. The van der Waals surface area contributed by atoms with Gasteiger partial charge in [-0.05, 0) is 39.3 Å². The van der Waals surface area contributed by atoms with Gasteiger partial charge in [0.25, 0.3) is 5.91 Å². The molecule has 3 N–H and O–H groups in total. The first-order valence-electron chi connectivity index (χ1n) is 6.19. The molecule has 4 nitrogen and oxygen atoms in total. The minimum absolute atomic E-state index is 0.0153. The van der Waals surface area contributed by atoms with Crippen LogP contribution in [0.4, 0.5) is 5.69 Å². The number of anilines is 1. The van der Waals surface area contributed by atoms with Gasteiger partial charge in [0.1, 0.15) is 0 Å². The normalized spacial score (nSPS) is 11.2. The molecule has 0 saturated heterocycles. The summed E-state index contributed by atoms with van der Waals surface area (Å²) in [5.41, 5.74) is 4.72. The number of nitrogens with one attached hydrogen (secondary N) is 1. The molecule has 0 bridgehead atoms. The summed E-state index contributed by atoms with van der Waals surface area (Å²) in [5.74, 6) is 5.44. The van der Waals surface area contributed by atoms with Gasteiger partial charge in [-0.1, -0.05) is 18.6 Å². The van der Waals surface area contributed by atoms with Crippen molar-refractivity contribution in [1.29, 1.82) is 0 Å². The van der Waals surface area contributed by atoms with Crippen molar-refractivity contribution in [1.82, 2.24) is 4.90 Å². The van der Waals surface area contributed by atoms with Crippen LogP contribution in [0, 0.1) is 6.92 Å². The van der Waals surface area contributed by atoms with E-state index in [-0.39, 0.29) is 11.4 Å². The summed E-state index contributed by atoms with van der Waals surface area (Å²) >= 11 is 0. The maximum atomic E-state index is 12.5. The van der Waals surface area contributed by atoms with Gasteiger partial charge in [0.05, 0.1) is 11.3 Å². The Morgan fingerprint density at radius 1 is 1.44 bits per heavy atom. The second kappa shape index (κ2) is 5.40. The molecule has 0 radical (unpaired) electrons. The number of nitrogens with two attached hydrogens (primary N) is 1. The molecule has 0 fully saturated rings. The van der Waals surface area contributed by atoms with E-state index >= 15 is 0 Å². The number of aryl methyl sites for hydroxylation is 1. The average molecular weight is 249 g/mol. The van der Waals surface area contributed by atoms with Crippen LogP contribution in [0.3, 0.4) is 0 Å². The highest BCUT2D eigenvalue weighted by Gasteiger charge is 2.27. The molecule has 0 unspecified atom stereocenters. The largest absolute Gasteiger partial charge is 0.337 e. The van der Waals surface area contributed by atoms with Crippen molar-refractivity contribution < 1.29 is 4.79 Å². The van der Waals surface area contributed by atoms with Gasteiger partial charge in [-0.3, -0.25) is 10.6 Å². The zero-order chi connectivity index (χ0) is 13.9. The summed E-state index contributed by atoms with van der Waals surface area (Å²) in [5, 5.41) is 0. The third-order valence-electron chi connectivity index (χ3n) is 3.64. The van der Waals surface area contributed by atoms with Crippen LogP contribution in [0.1, 0.15) is 43.1 Å². The van der Waals surface area contributed by atoms with Crippen LogP contribution in [0.5, 0.6) is 0 Å². The Labute approximate surface area is 109 Å². The molecule has 0 atom stereocenters. The molecule has 0 aliphatic heterocycles. The lowest BCUT2D eigenvalue weighted by atomic mass is 9.98. The fourth-order valence-corrected chi connectivity index (χ4v) is 1.65. The molecule has 1 aromatic carbocycles. The van der Waals surface area contributed by atoms with Crippen molar-refractivity contribution in [3.05, 3.63) is 29.3 Å². The molecule has 0 aliphatic rings. The molecule has 4 heteroatoms. The number of hydrazine groups is 1. The molecule has 0 saturated carbocycles. The van der Waals surface area contributed by atoms with Crippen molar-refractivity contribution in [2.75, 3.05) is 12.5 Å². The van der Waals surface area contributed by atoms with E-state index in [0.29, 0.717) is 11.3 Å². The molecular weight excluding hydrogens is 226 g/mol. The number of amides is 1. The summed E-state index contributed by atoms with van der Waals surface area (Å²) in [6.45, 7) is 8.14. The lowest BCUT2D eigenvalue weighted by Crippen LogP contribution is -2.44. The highest BCUT2D eigenvalue weighted by molar-refractivity contribution is 6.00. The van der Waals surface area contributed by atoms with Crippen LogP contribution in [0.15, 0.2) is 18.2 Å². The smallest absolute Gasteiger partial charge is 0.256 e. The van der Waals surface area contributed by atoms with E-state index in [0.717, 1.165) is 12.0 Å². The van der Waals surface area contributed by atoms with E-state index in [9.17, 15) is 4.79 Å². The molecule has 0 spiro atoms. The number of nitrogens with zero attached hydrogens (tertiary/aromatic N) is 1. The fourth-order valence-electron chi connectivity index (χ4n) is 1.65. The van der Waals surface area contributed by atoms with Gasteiger partial charge >= 0.3 is 0 Å². The lowest BCUT2D eigenvalue weighted by Gasteiger charge is -2.35. The summed E-state index contributed by atoms with van der Waals surface area (Å²) in [6, 6.07) is 5.62. The standard InChI is InChI=1S/C14H23N3O/c1-6-14(3,4)17(5)13(18)11-9-10(2)7-8-12(11)16-15/h7-9,16H,6,15H2,1-5H3. The molecule has 100 valence electrons. The lowest BCUT2D eigenvalue weighted by molar-refractivity contribution is 0.0621. The zero-order valence-corrected chi connectivity index (χ0v) is 11.9. The number of carbonyl (C=O) groups excluding carboxylic acids is 1. The summed E-state index contributed by atoms with van der Waals surface area (Å²) in [7, 11) is 1.83. The monoisotopic (exact) mass is 249 g/mol. The van der Waals surface area contributed by atoms with E-state index < -0.39 is 0 Å². The minimum Gasteiger partial charge on any atom is -0.337 e. The number of rotatable bonds is 4. The Balaban J connectivity index is 3.14. The quantitative estimate of drug-likeness (QED) is 0.637. The SMILES string of the molecule is CCC(C)(C)N(C)C(=O)c1cc(C)ccc1NN. The first-order valence-corrected chi connectivity index (χ1v) is 6.19. The van der Waals surface area contributed by atoms with Crippen molar-refractivity contribution in [2.45, 2.75) is 39.7 Å². The number of nitrogen functional groups attached to an aromatic ring is 1. The van der Waals surface area contributed by atoms with E-state index in [1.165, 1.54) is 0 Å². The van der Waals surface area contributed by atoms with E-state index in [2.05, 4.69) is 26.2 Å². The van der Waals surface area contributed by atoms with E-state index in [1.807, 2.05) is 32.2 Å². The van der Waals surface area contributed by atoms with Gasteiger partial charge in [0, 0.05) is 12.6 Å². The molecule has 0 aliphatic carbocycles. The molecule has 1 aromatic rings. The van der Waals surface area contributed by atoms with Crippen LogP contribution in [0.25, 0.3) is 0 Å². The summed E-state index contributed by atoms with van der Waals surface area (Å²) < 4.78 is 0. The predicted molar refractivity (Wildman–Crippen MR) is 75.5 cm³/mol. The van der Waals surface area contributed by atoms with Crippen molar-refractivity contribution in [3.63, 3.8) is 0 Å². The van der Waals surface area contributed by atoms with Crippen LogP contribution in [-0.4, -0.2) is 23.4 Å². The van der Waals surface area contributed by atoms with E-state index in [1.54, 1.807) is 4.90 Å². The number of benzene rings is 1. The maximum Gasteiger partial charge on any atom is 0.256 e. The molecular formula is C14H23N3O. The van der Waals surface area contributed by atoms with E-state index in [4.69, 9.17) is 5.84 Å².